The topological polar surface area (TPSA) is 112 Å². The number of benzene rings is 2. The van der Waals surface area contributed by atoms with Crippen LogP contribution in [-0.2, 0) is 36.3 Å². The fourth-order valence-electron chi connectivity index (χ4n) is 3.75. The van der Waals surface area contributed by atoms with Crippen molar-refractivity contribution in [3.63, 3.8) is 0 Å². The molecule has 188 valence electrons. The molecule has 0 aromatic heterocycles. The number of nitrogens with zero attached hydrogens (tertiary/aromatic N) is 4. The summed E-state index contributed by atoms with van der Waals surface area (Å²) < 4.78 is 25.9. The number of fused-ring (bicyclic) bond motifs is 1. The van der Waals surface area contributed by atoms with E-state index in [0.29, 0.717) is 34.3 Å². The number of nitriles is 1. The molecule has 0 aliphatic carbocycles. The average molecular weight is 529 g/mol. The first-order valence-electron chi connectivity index (χ1n) is 11.2. The first-order valence-corrected chi connectivity index (χ1v) is 12.6. The third-order valence-corrected chi connectivity index (χ3v) is 6.83. The van der Waals surface area contributed by atoms with Crippen LogP contribution in [0.4, 0.5) is 0 Å². The number of rotatable bonds is 6. The number of amides is 1. The van der Waals surface area contributed by atoms with Gasteiger partial charge in [-0.1, -0.05) is 23.7 Å². The van der Waals surface area contributed by atoms with Crippen LogP contribution in [0, 0.1) is 11.3 Å². The molecule has 36 heavy (non-hydrogen) atoms. The lowest BCUT2D eigenvalue weighted by molar-refractivity contribution is -0.167. The van der Waals surface area contributed by atoms with Gasteiger partial charge in [0.1, 0.15) is 5.60 Å². The number of carbonyl (C=O) groups excluding carboxylic acids is 2. The predicted molar refractivity (Wildman–Crippen MR) is 133 cm³/mol. The highest BCUT2D eigenvalue weighted by Crippen LogP contribution is 2.26. The molecule has 1 saturated heterocycles. The van der Waals surface area contributed by atoms with Crippen LogP contribution in [0.2, 0.25) is 5.02 Å². The predicted octanol–water partition coefficient (Wildman–Crippen LogP) is 1.60. The number of hydrogen-bond acceptors (Lipinski definition) is 7. The maximum absolute atomic E-state index is 13.2. The highest BCUT2D eigenvalue weighted by atomic mass is 35.5. The van der Waals surface area contributed by atoms with Gasteiger partial charge in [-0.2, -0.15) is 9.57 Å². The summed E-state index contributed by atoms with van der Waals surface area (Å²) in [7, 11) is 0. The quantitative estimate of drug-likeness (QED) is 0.526. The first kappa shape index (κ1) is 26.0. The van der Waals surface area contributed by atoms with Crippen LogP contribution in [0.3, 0.4) is 0 Å². The minimum absolute atomic E-state index is 0.161. The minimum Gasteiger partial charge on any atom is -0.456 e. The molecule has 1 amide bonds. The standard InChI is InChI=1S/C25H25ClN4O5S/c1-24(2,3)34-23(32)25(13-19-12-20(26)8-9-21(19)28-25)35-36(33)30-11-10-29(22(31)16-30)15-18-6-4-17(14-27)5-7-18/h4-9,12-13H,10-11,15-16H2,1-3H3. The van der Waals surface area contributed by atoms with Crippen LogP contribution >= 0.6 is 11.6 Å². The summed E-state index contributed by atoms with van der Waals surface area (Å²) in [5, 5.41) is 10.4. The molecule has 2 aliphatic rings. The molecule has 0 radical (unpaired) electrons. The van der Waals surface area contributed by atoms with E-state index in [9.17, 15) is 13.8 Å². The second-order valence-corrected chi connectivity index (χ2v) is 11.0. The van der Waals surface area contributed by atoms with Crippen molar-refractivity contribution in [3.8, 4) is 6.07 Å². The number of hydrogen-bond donors (Lipinski definition) is 0. The van der Waals surface area contributed by atoms with Crippen molar-refractivity contribution < 1.29 is 22.7 Å². The molecule has 0 N–H and O–H groups in total. The minimum atomic E-state index is -2.17. The van der Waals surface area contributed by atoms with E-state index in [1.807, 2.05) is 0 Å². The molecule has 0 saturated carbocycles. The Bertz CT molecular complexity index is 1380. The number of piperazine rings is 1. The molecule has 0 bridgehead atoms. The van der Waals surface area contributed by atoms with Crippen LogP contribution < -0.4 is 10.6 Å². The number of carbonyl (C=O) groups is 2. The Morgan fingerprint density at radius 2 is 1.94 bits per heavy atom. The first-order chi connectivity index (χ1) is 17.0. The summed E-state index contributed by atoms with van der Waals surface area (Å²) >= 11 is 3.92. The van der Waals surface area contributed by atoms with E-state index in [4.69, 9.17) is 25.8 Å². The average Bonchev–Trinajstić information content (AvgIpc) is 3.18. The van der Waals surface area contributed by atoms with E-state index in [1.54, 1.807) is 68.1 Å². The summed E-state index contributed by atoms with van der Waals surface area (Å²) in [5.74, 6) is -1.06. The van der Waals surface area contributed by atoms with Gasteiger partial charge in [0.05, 0.1) is 23.5 Å². The molecular weight excluding hydrogens is 504 g/mol. The maximum atomic E-state index is 13.2. The van der Waals surface area contributed by atoms with E-state index in [0.717, 1.165) is 5.56 Å². The highest BCUT2D eigenvalue weighted by Gasteiger charge is 2.46. The summed E-state index contributed by atoms with van der Waals surface area (Å²) in [4.78, 5) is 32.0. The zero-order valence-corrected chi connectivity index (χ0v) is 21.6. The van der Waals surface area contributed by atoms with Crippen LogP contribution in [0.15, 0.2) is 47.5 Å². The smallest absolute Gasteiger partial charge is 0.367 e. The van der Waals surface area contributed by atoms with Crippen molar-refractivity contribution in [3.05, 3.63) is 69.2 Å². The lowest BCUT2D eigenvalue weighted by Crippen LogP contribution is -2.52. The van der Waals surface area contributed by atoms with E-state index in [1.165, 1.54) is 10.4 Å². The van der Waals surface area contributed by atoms with Gasteiger partial charge in [0.15, 0.2) is 0 Å². The molecule has 2 aromatic carbocycles. The fraction of sp³-hybridized carbons (Fsp3) is 0.360. The van der Waals surface area contributed by atoms with Crippen LogP contribution in [0.5, 0.6) is 0 Å². The summed E-state index contributed by atoms with van der Waals surface area (Å²) in [6.07, 6.45) is 1.43. The summed E-state index contributed by atoms with van der Waals surface area (Å²) in [6, 6.07) is 13.9. The van der Waals surface area contributed by atoms with Gasteiger partial charge in [-0.05, 0) is 62.7 Å². The lowest BCUT2D eigenvalue weighted by atomic mass is 10.1. The van der Waals surface area contributed by atoms with Gasteiger partial charge in [0.2, 0.25) is 17.2 Å². The van der Waals surface area contributed by atoms with Crippen molar-refractivity contribution in [2.75, 3.05) is 19.6 Å². The van der Waals surface area contributed by atoms with Crippen molar-refractivity contribution >= 4 is 40.8 Å². The van der Waals surface area contributed by atoms with Crippen LogP contribution in [0.1, 0.15) is 31.9 Å². The highest BCUT2D eigenvalue weighted by molar-refractivity contribution is 7.77. The molecule has 2 aromatic rings. The van der Waals surface area contributed by atoms with E-state index >= 15 is 0 Å². The van der Waals surface area contributed by atoms with Gasteiger partial charge < -0.3 is 9.64 Å². The monoisotopic (exact) mass is 528 g/mol. The normalized spacial score (nSPS) is 20.6. The molecule has 0 spiro atoms. The van der Waals surface area contributed by atoms with Gasteiger partial charge in [-0.25, -0.2) is 18.2 Å². The second kappa shape index (κ2) is 10.1. The molecule has 2 aliphatic heterocycles. The van der Waals surface area contributed by atoms with Gasteiger partial charge in [-0.15, -0.1) is 0 Å². The van der Waals surface area contributed by atoms with Crippen LogP contribution in [0.25, 0.3) is 6.08 Å². The molecule has 2 heterocycles. The second-order valence-electron chi connectivity index (χ2n) is 9.45. The zero-order valence-electron chi connectivity index (χ0n) is 20.1. The Balaban J connectivity index is 1.49. The zero-order chi connectivity index (χ0) is 26.1. The van der Waals surface area contributed by atoms with E-state index in [-0.39, 0.29) is 19.0 Å². The molecular formula is C25H25ClN4O5S. The number of halogens is 1. The van der Waals surface area contributed by atoms with Crippen molar-refractivity contribution in [2.45, 2.75) is 38.6 Å². The Hall–Kier alpha value is -3.10. The molecule has 9 nitrogen and oxygen atoms in total. The van der Waals surface area contributed by atoms with Crippen LogP contribution in [-0.4, -0.2) is 56.3 Å². The van der Waals surface area contributed by atoms with Gasteiger partial charge in [-0.3, -0.25) is 4.79 Å². The number of ether oxygens (including phenoxy) is 1. The third kappa shape index (κ3) is 5.82. The molecule has 11 heteroatoms. The maximum Gasteiger partial charge on any atom is 0.367 e. The molecule has 2 atom stereocenters. The van der Waals surface area contributed by atoms with E-state index < -0.39 is 28.6 Å². The van der Waals surface area contributed by atoms with Crippen molar-refractivity contribution in [1.82, 2.24) is 9.21 Å². The lowest BCUT2D eigenvalue weighted by Gasteiger charge is -2.34. The largest absolute Gasteiger partial charge is 0.456 e. The summed E-state index contributed by atoms with van der Waals surface area (Å²) in [5.41, 5.74) is -1.39. The fourth-order valence-corrected chi connectivity index (χ4v) is 4.85. The van der Waals surface area contributed by atoms with Gasteiger partial charge in [0.25, 0.3) is 5.72 Å². The number of esters is 1. The van der Waals surface area contributed by atoms with E-state index in [2.05, 4.69) is 11.1 Å². The van der Waals surface area contributed by atoms with Crippen molar-refractivity contribution in [2.24, 2.45) is 4.99 Å². The summed E-state index contributed by atoms with van der Waals surface area (Å²) in [6.45, 7) is 5.90. The van der Waals surface area contributed by atoms with Gasteiger partial charge >= 0.3 is 5.97 Å². The Morgan fingerprint density at radius 3 is 2.58 bits per heavy atom. The third-order valence-electron chi connectivity index (χ3n) is 5.47. The Kier molecular flexibility index (Phi) is 7.29. The van der Waals surface area contributed by atoms with Gasteiger partial charge in [0, 0.05) is 29.9 Å². The molecule has 2 unspecified atom stereocenters. The molecule has 4 rings (SSSR count). The van der Waals surface area contributed by atoms with Crippen molar-refractivity contribution in [1.29, 1.82) is 5.26 Å². The Labute approximate surface area is 216 Å². The Morgan fingerprint density at radius 1 is 1.22 bits per heavy atom. The SMILES string of the molecule is CC(C)(C)OC(=O)C1(OS(=O)N2CCN(Cc3ccc(C#N)cc3)C(=O)C2)C=c2cc(Cl)ccc2=N1. The molecule has 1 fully saturated rings.